The molecule has 1 aromatic heterocycles. The first-order valence-electron chi connectivity index (χ1n) is 8.95. The van der Waals surface area contributed by atoms with Crippen LogP contribution in [0.1, 0.15) is 19.5 Å². The van der Waals surface area contributed by atoms with Crippen molar-refractivity contribution in [1.29, 1.82) is 0 Å². The zero-order valence-corrected chi connectivity index (χ0v) is 18.0. The van der Waals surface area contributed by atoms with Crippen molar-refractivity contribution in [2.45, 2.75) is 31.5 Å². The van der Waals surface area contributed by atoms with Crippen LogP contribution in [0.2, 0.25) is 0 Å². The van der Waals surface area contributed by atoms with Gasteiger partial charge in [-0.05, 0) is 13.8 Å². The largest absolute Gasteiger partial charge is 0.479 e. The van der Waals surface area contributed by atoms with Gasteiger partial charge < -0.3 is 36.6 Å². The number of carbonyl (C=O) groups is 5. The molecule has 0 saturated carbocycles. The fourth-order valence-corrected chi connectivity index (χ4v) is 2.85. The molecule has 33 heavy (non-hydrogen) atoms. The van der Waals surface area contributed by atoms with Crippen LogP contribution in [0.4, 0.5) is 9.93 Å². The molecule has 0 aliphatic carbocycles. The molecule has 3 amide bonds. The van der Waals surface area contributed by atoms with Gasteiger partial charge in [-0.2, -0.15) is 0 Å². The third-order valence-electron chi connectivity index (χ3n) is 4.04. The second-order valence-corrected chi connectivity index (χ2v) is 7.79. The number of ether oxygens (including phenoxy) is 1. The number of amides is 3. The van der Waals surface area contributed by atoms with Crippen molar-refractivity contribution in [2.24, 2.45) is 10.9 Å². The molecule has 1 aromatic rings. The molecule has 0 spiro atoms. The molecule has 1 aliphatic heterocycles. The summed E-state index contributed by atoms with van der Waals surface area (Å²) in [7, 11) is 0. The molecule has 1 saturated heterocycles. The molecule has 7 N–H and O–H groups in total. The highest BCUT2D eigenvalue weighted by Gasteiger charge is 2.51. The number of hydroxylamine groups is 2. The Hall–Kier alpha value is -3.99. The van der Waals surface area contributed by atoms with Gasteiger partial charge in [0.1, 0.15) is 24.4 Å². The fraction of sp³-hybridized carbons (Fsp3) is 0.438. The Morgan fingerprint density at radius 3 is 2.52 bits per heavy atom. The molecule has 17 heteroatoms. The standard InChI is InChI=1S/C16H20N6O10S/c1-16(2,13(27)28)32-21-9(6-5-33-14(17)19-6)11(25)20-10-7(3-30-15(18)29)22(12(10)26)31-4-8(23)24/h5,7,10H,3-4H2,1-2H3,(H2,17,19)(H2,18,29)(H,20,25)(H,23,24)(H,27,28). The average Bonchev–Trinajstić information content (AvgIpc) is 3.13. The number of primary amides is 1. The van der Waals surface area contributed by atoms with E-state index in [1.54, 1.807) is 0 Å². The minimum atomic E-state index is -1.81. The summed E-state index contributed by atoms with van der Waals surface area (Å²) in [5, 5.41) is 25.8. The number of hydrogen-bond acceptors (Lipinski definition) is 12. The van der Waals surface area contributed by atoms with Gasteiger partial charge in [-0.15, -0.1) is 11.3 Å². The van der Waals surface area contributed by atoms with Crippen molar-refractivity contribution in [3.8, 4) is 0 Å². The molecule has 1 aliphatic rings. The van der Waals surface area contributed by atoms with E-state index in [0.717, 1.165) is 11.3 Å². The second-order valence-electron chi connectivity index (χ2n) is 6.90. The highest BCUT2D eigenvalue weighted by Crippen LogP contribution is 2.22. The van der Waals surface area contributed by atoms with Crippen LogP contribution in [-0.2, 0) is 33.6 Å². The summed E-state index contributed by atoms with van der Waals surface area (Å²) in [5.74, 6) is -4.61. The Kier molecular flexibility index (Phi) is 7.72. The molecule has 180 valence electrons. The number of carboxylic acid groups (broad SMARTS) is 2. The highest BCUT2D eigenvalue weighted by molar-refractivity contribution is 7.13. The summed E-state index contributed by atoms with van der Waals surface area (Å²) in [5.41, 5.74) is 8.12. The van der Waals surface area contributed by atoms with Crippen LogP contribution in [0, 0.1) is 0 Å². The quantitative estimate of drug-likeness (QED) is 0.130. The number of β-lactam (4-membered cyclic amide) rings is 1. The molecule has 1 fully saturated rings. The maximum absolute atomic E-state index is 12.9. The van der Waals surface area contributed by atoms with E-state index in [9.17, 15) is 24.0 Å². The van der Waals surface area contributed by atoms with Gasteiger partial charge in [0.2, 0.25) is 5.60 Å². The molecule has 16 nitrogen and oxygen atoms in total. The van der Waals surface area contributed by atoms with Crippen LogP contribution in [0.15, 0.2) is 10.5 Å². The number of carboxylic acids is 2. The maximum atomic E-state index is 12.9. The number of rotatable bonds is 11. The smallest absolute Gasteiger partial charge is 0.404 e. The van der Waals surface area contributed by atoms with Gasteiger partial charge in [0.15, 0.2) is 17.5 Å². The minimum Gasteiger partial charge on any atom is -0.479 e. The van der Waals surface area contributed by atoms with Crippen molar-refractivity contribution in [3.63, 3.8) is 0 Å². The van der Waals surface area contributed by atoms with Crippen LogP contribution in [0.5, 0.6) is 0 Å². The molecular weight excluding hydrogens is 468 g/mol. The first-order valence-corrected chi connectivity index (χ1v) is 9.83. The third-order valence-corrected chi connectivity index (χ3v) is 4.71. The van der Waals surface area contributed by atoms with E-state index in [4.69, 9.17) is 31.4 Å². The first-order chi connectivity index (χ1) is 15.3. The van der Waals surface area contributed by atoms with Crippen LogP contribution >= 0.6 is 11.3 Å². The predicted molar refractivity (Wildman–Crippen MR) is 108 cm³/mol. The number of anilines is 1. The molecule has 2 rings (SSSR count). The van der Waals surface area contributed by atoms with E-state index in [0.29, 0.717) is 5.06 Å². The Labute approximate surface area is 189 Å². The van der Waals surface area contributed by atoms with Crippen molar-refractivity contribution < 1.29 is 48.6 Å². The van der Waals surface area contributed by atoms with Crippen molar-refractivity contribution in [3.05, 3.63) is 11.1 Å². The van der Waals surface area contributed by atoms with E-state index in [1.165, 1.54) is 19.2 Å². The van der Waals surface area contributed by atoms with Gasteiger partial charge >= 0.3 is 18.0 Å². The van der Waals surface area contributed by atoms with Gasteiger partial charge in [-0.3, -0.25) is 14.4 Å². The number of hydrogen-bond donors (Lipinski definition) is 5. The van der Waals surface area contributed by atoms with Crippen LogP contribution in [0.25, 0.3) is 0 Å². The zero-order chi connectivity index (χ0) is 24.9. The Morgan fingerprint density at radius 2 is 2.00 bits per heavy atom. The van der Waals surface area contributed by atoms with Crippen LogP contribution in [-0.4, -0.2) is 86.7 Å². The van der Waals surface area contributed by atoms with E-state index >= 15 is 0 Å². The normalized spacial score (nSPS) is 18.3. The lowest BCUT2D eigenvalue weighted by Gasteiger charge is -2.44. The first kappa shape index (κ1) is 25.3. The van der Waals surface area contributed by atoms with Gasteiger partial charge in [-0.1, -0.05) is 5.16 Å². The monoisotopic (exact) mass is 488 g/mol. The average molecular weight is 488 g/mol. The van der Waals surface area contributed by atoms with E-state index in [2.05, 4.69) is 20.2 Å². The lowest BCUT2D eigenvalue weighted by molar-refractivity contribution is -0.240. The molecule has 2 unspecified atom stereocenters. The van der Waals surface area contributed by atoms with Gasteiger partial charge in [0.05, 0.1) is 0 Å². The lowest BCUT2D eigenvalue weighted by Crippen LogP contribution is -2.72. The Bertz CT molecular complexity index is 992. The number of nitrogens with zero attached hydrogens (tertiary/aromatic N) is 3. The number of aliphatic carboxylic acids is 2. The molecule has 0 aromatic carbocycles. The number of aromatic nitrogens is 1. The van der Waals surface area contributed by atoms with Crippen LogP contribution in [0.3, 0.4) is 0 Å². The van der Waals surface area contributed by atoms with Gasteiger partial charge in [-0.25, -0.2) is 24.4 Å². The second kappa shape index (κ2) is 10.1. The Balaban J connectivity index is 2.24. The molecule has 2 heterocycles. The summed E-state index contributed by atoms with van der Waals surface area (Å²) < 4.78 is 4.63. The minimum absolute atomic E-state index is 0.0631. The number of oxime groups is 1. The summed E-state index contributed by atoms with van der Waals surface area (Å²) in [6.45, 7) is 0.981. The van der Waals surface area contributed by atoms with Crippen LogP contribution < -0.4 is 16.8 Å². The summed E-state index contributed by atoms with van der Waals surface area (Å²) >= 11 is 0.962. The highest BCUT2D eigenvalue weighted by atomic mass is 32.1. The SMILES string of the molecule is CC(C)(ON=C(C(=O)NC1C(=O)N(OCC(=O)O)C1COC(N)=O)c1csc(N)n1)C(=O)O. The predicted octanol–water partition coefficient (Wildman–Crippen LogP) is -1.88. The maximum Gasteiger partial charge on any atom is 0.404 e. The van der Waals surface area contributed by atoms with Gasteiger partial charge in [0, 0.05) is 5.38 Å². The third kappa shape index (κ3) is 6.26. The Morgan fingerprint density at radius 1 is 1.33 bits per heavy atom. The van der Waals surface area contributed by atoms with Crippen molar-refractivity contribution >= 4 is 52.0 Å². The summed E-state index contributed by atoms with van der Waals surface area (Å²) in [6, 6.07) is -2.45. The van der Waals surface area contributed by atoms with Crippen molar-refractivity contribution in [1.82, 2.24) is 15.4 Å². The zero-order valence-electron chi connectivity index (χ0n) is 17.2. The fourth-order valence-electron chi connectivity index (χ4n) is 2.30. The number of carbonyl (C=O) groups excluding carboxylic acids is 3. The summed E-state index contributed by atoms with van der Waals surface area (Å²) in [4.78, 5) is 71.8. The van der Waals surface area contributed by atoms with E-state index in [1.807, 2.05) is 0 Å². The lowest BCUT2D eigenvalue weighted by atomic mass is 9.98. The topological polar surface area (TPSA) is 246 Å². The number of nitrogens with one attached hydrogen (secondary N) is 1. The van der Waals surface area contributed by atoms with Crippen molar-refractivity contribution in [2.75, 3.05) is 18.9 Å². The number of thiazole rings is 1. The number of nitrogen functional groups attached to an aromatic ring is 1. The van der Waals surface area contributed by atoms with Gasteiger partial charge in [0.25, 0.3) is 11.8 Å². The molecule has 2 atom stereocenters. The molecule has 0 bridgehead atoms. The summed E-state index contributed by atoms with van der Waals surface area (Å²) in [6.07, 6.45) is -1.18. The van der Waals surface area contributed by atoms with E-state index < -0.39 is 66.5 Å². The van der Waals surface area contributed by atoms with E-state index in [-0.39, 0.29) is 10.8 Å². The molecule has 0 radical (unpaired) electrons. The molecular formula is C16H20N6O10S. The number of nitrogens with two attached hydrogens (primary N) is 2.